The second-order valence-corrected chi connectivity index (χ2v) is 8.58. The highest BCUT2D eigenvalue weighted by Gasteiger charge is 2.14. The summed E-state index contributed by atoms with van der Waals surface area (Å²) in [7, 11) is 0. The summed E-state index contributed by atoms with van der Waals surface area (Å²) in [5.74, 6) is 0.148. The van der Waals surface area contributed by atoms with E-state index in [9.17, 15) is 4.79 Å². The number of nitrogens with one attached hydrogen (secondary N) is 1. The standard InChI is InChI=1S/C19H38N2O2/c1-16(19(5,6)7)21-23-15-11-8-12-17(22)20-14-10-9-13-18(2,3)4/h8-15H2,1-7H3,(H,20,22)/b21-16+. The summed E-state index contributed by atoms with van der Waals surface area (Å²) in [5, 5.41) is 7.11. The zero-order chi connectivity index (χ0) is 17.9. The molecule has 136 valence electrons. The number of hydrogen-bond acceptors (Lipinski definition) is 3. The summed E-state index contributed by atoms with van der Waals surface area (Å²) >= 11 is 0. The third-order valence-corrected chi connectivity index (χ3v) is 3.85. The highest BCUT2D eigenvalue weighted by atomic mass is 16.6. The normalized spacial score (nSPS) is 13.1. The summed E-state index contributed by atoms with van der Waals surface area (Å²) < 4.78 is 0. The molecule has 0 aromatic rings. The zero-order valence-electron chi connectivity index (χ0n) is 16.4. The minimum Gasteiger partial charge on any atom is -0.396 e. The van der Waals surface area contributed by atoms with Crippen LogP contribution < -0.4 is 5.32 Å². The Morgan fingerprint density at radius 1 is 1.00 bits per heavy atom. The van der Waals surface area contributed by atoms with Crippen LogP contribution in [0.25, 0.3) is 0 Å². The maximum Gasteiger partial charge on any atom is 0.219 e. The lowest BCUT2D eigenvalue weighted by Crippen LogP contribution is -2.24. The molecule has 4 heteroatoms. The van der Waals surface area contributed by atoms with Gasteiger partial charge in [-0.25, -0.2) is 0 Å². The largest absolute Gasteiger partial charge is 0.396 e. The van der Waals surface area contributed by atoms with E-state index in [1.807, 2.05) is 6.92 Å². The zero-order valence-corrected chi connectivity index (χ0v) is 16.4. The monoisotopic (exact) mass is 326 g/mol. The Balaban J connectivity index is 3.54. The first kappa shape index (κ1) is 21.9. The van der Waals surface area contributed by atoms with Crippen molar-refractivity contribution in [1.82, 2.24) is 5.32 Å². The Labute approximate surface area is 143 Å². The highest BCUT2D eigenvalue weighted by molar-refractivity contribution is 5.86. The number of carbonyl (C=O) groups excluding carboxylic acids is 1. The van der Waals surface area contributed by atoms with Gasteiger partial charge in [-0.05, 0) is 38.0 Å². The van der Waals surface area contributed by atoms with Crippen LogP contribution in [0, 0.1) is 10.8 Å². The van der Waals surface area contributed by atoms with Crippen LogP contribution in [0.15, 0.2) is 5.16 Å². The number of amides is 1. The predicted molar refractivity (Wildman–Crippen MR) is 98.7 cm³/mol. The topological polar surface area (TPSA) is 50.7 Å². The minimum atomic E-state index is 0.0485. The molecule has 0 atom stereocenters. The molecule has 4 nitrogen and oxygen atoms in total. The molecule has 0 bridgehead atoms. The molecule has 0 spiro atoms. The lowest BCUT2D eigenvalue weighted by Gasteiger charge is -2.17. The first-order valence-electron chi connectivity index (χ1n) is 8.96. The third kappa shape index (κ3) is 14.3. The van der Waals surface area contributed by atoms with Gasteiger partial charge in [0.25, 0.3) is 0 Å². The van der Waals surface area contributed by atoms with E-state index in [2.05, 4.69) is 52.0 Å². The molecule has 0 heterocycles. The van der Waals surface area contributed by atoms with Gasteiger partial charge >= 0.3 is 0 Å². The van der Waals surface area contributed by atoms with E-state index in [0.29, 0.717) is 18.4 Å². The van der Waals surface area contributed by atoms with Crippen LogP contribution in [0.5, 0.6) is 0 Å². The lowest BCUT2D eigenvalue weighted by molar-refractivity contribution is -0.121. The van der Waals surface area contributed by atoms with Crippen molar-refractivity contribution in [3.63, 3.8) is 0 Å². The number of rotatable bonds is 10. The number of carbonyl (C=O) groups is 1. The minimum absolute atomic E-state index is 0.0485. The van der Waals surface area contributed by atoms with E-state index in [-0.39, 0.29) is 11.3 Å². The third-order valence-electron chi connectivity index (χ3n) is 3.85. The van der Waals surface area contributed by atoms with E-state index >= 15 is 0 Å². The van der Waals surface area contributed by atoms with Crippen LogP contribution >= 0.6 is 0 Å². The molecule has 0 radical (unpaired) electrons. The quantitative estimate of drug-likeness (QED) is 0.351. The summed E-state index contributed by atoms with van der Waals surface area (Å²) in [4.78, 5) is 17.0. The summed E-state index contributed by atoms with van der Waals surface area (Å²) in [6.07, 6.45) is 5.71. The van der Waals surface area contributed by atoms with Crippen molar-refractivity contribution in [3.8, 4) is 0 Å². The second-order valence-electron chi connectivity index (χ2n) is 8.58. The van der Waals surface area contributed by atoms with Crippen LogP contribution in [0.4, 0.5) is 0 Å². The molecular weight excluding hydrogens is 288 g/mol. The molecule has 0 unspecified atom stereocenters. The van der Waals surface area contributed by atoms with Crippen LogP contribution in [0.1, 0.15) is 87.0 Å². The molecule has 0 aromatic carbocycles. The summed E-state index contributed by atoms with van der Waals surface area (Å²) in [6, 6.07) is 0. The van der Waals surface area contributed by atoms with Crippen molar-refractivity contribution < 1.29 is 9.63 Å². The van der Waals surface area contributed by atoms with Gasteiger partial charge in [-0.3, -0.25) is 4.79 Å². The first-order chi connectivity index (χ1) is 10.5. The van der Waals surface area contributed by atoms with E-state index in [0.717, 1.165) is 31.5 Å². The van der Waals surface area contributed by atoms with Gasteiger partial charge in [-0.2, -0.15) is 0 Å². The summed E-state index contributed by atoms with van der Waals surface area (Å²) in [6.45, 7) is 16.4. The van der Waals surface area contributed by atoms with Crippen molar-refractivity contribution in [1.29, 1.82) is 0 Å². The van der Waals surface area contributed by atoms with Gasteiger partial charge in [0.1, 0.15) is 6.61 Å². The SMILES string of the molecule is C/C(=N\OCCCCC(=O)NCCCCC(C)(C)C)C(C)(C)C. The van der Waals surface area contributed by atoms with Crippen molar-refractivity contribution in [3.05, 3.63) is 0 Å². The second kappa shape index (κ2) is 10.7. The average molecular weight is 327 g/mol. The van der Waals surface area contributed by atoms with Gasteiger partial charge in [-0.1, -0.05) is 53.1 Å². The Kier molecular flexibility index (Phi) is 10.2. The van der Waals surface area contributed by atoms with Crippen molar-refractivity contribution in [2.24, 2.45) is 16.0 Å². The number of oxime groups is 1. The Morgan fingerprint density at radius 2 is 1.65 bits per heavy atom. The Morgan fingerprint density at radius 3 is 2.22 bits per heavy atom. The first-order valence-corrected chi connectivity index (χ1v) is 8.96. The predicted octanol–water partition coefficient (Wildman–Crippen LogP) is 4.93. The smallest absolute Gasteiger partial charge is 0.219 e. The van der Waals surface area contributed by atoms with Crippen LogP contribution in [0.3, 0.4) is 0 Å². The summed E-state index contributed by atoms with van der Waals surface area (Å²) in [5.41, 5.74) is 1.43. The van der Waals surface area contributed by atoms with E-state index in [1.54, 1.807) is 0 Å². The maximum atomic E-state index is 11.7. The van der Waals surface area contributed by atoms with Crippen LogP contribution in [-0.4, -0.2) is 24.8 Å². The van der Waals surface area contributed by atoms with Gasteiger partial charge in [0, 0.05) is 18.4 Å². The molecular formula is C19H38N2O2. The lowest BCUT2D eigenvalue weighted by atomic mass is 9.90. The molecule has 0 aliphatic rings. The van der Waals surface area contributed by atoms with Crippen molar-refractivity contribution in [2.45, 2.75) is 87.0 Å². The Hall–Kier alpha value is -1.06. The van der Waals surface area contributed by atoms with E-state index < -0.39 is 0 Å². The number of nitrogens with zero attached hydrogens (tertiary/aromatic N) is 1. The van der Waals surface area contributed by atoms with Crippen LogP contribution in [0.2, 0.25) is 0 Å². The average Bonchev–Trinajstić information content (AvgIpc) is 2.39. The van der Waals surface area contributed by atoms with E-state index in [4.69, 9.17) is 4.84 Å². The fourth-order valence-electron chi connectivity index (χ4n) is 1.83. The fraction of sp³-hybridized carbons (Fsp3) is 0.895. The molecule has 0 rings (SSSR count). The molecule has 0 saturated heterocycles. The van der Waals surface area contributed by atoms with Gasteiger partial charge in [0.15, 0.2) is 0 Å². The molecule has 0 saturated carbocycles. The number of unbranched alkanes of at least 4 members (excludes halogenated alkanes) is 2. The van der Waals surface area contributed by atoms with Crippen molar-refractivity contribution >= 4 is 11.6 Å². The number of hydrogen-bond donors (Lipinski definition) is 1. The molecule has 0 fully saturated rings. The van der Waals surface area contributed by atoms with Crippen LogP contribution in [-0.2, 0) is 9.63 Å². The maximum absolute atomic E-state index is 11.7. The molecule has 23 heavy (non-hydrogen) atoms. The van der Waals surface area contributed by atoms with Gasteiger partial charge in [-0.15, -0.1) is 0 Å². The van der Waals surface area contributed by atoms with E-state index in [1.165, 1.54) is 12.8 Å². The highest BCUT2D eigenvalue weighted by Crippen LogP contribution is 2.21. The van der Waals surface area contributed by atoms with Gasteiger partial charge in [0.05, 0.1) is 5.71 Å². The van der Waals surface area contributed by atoms with Crippen molar-refractivity contribution in [2.75, 3.05) is 13.2 Å². The molecule has 0 aromatic heterocycles. The Bertz CT molecular complexity index is 363. The molecule has 1 amide bonds. The van der Waals surface area contributed by atoms with Gasteiger partial charge < -0.3 is 10.2 Å². The molecule has 0 aliphatic heterocycles. The fourth-order valence-corrected chi connectivity index (χ4v) is 1.83. The van der Waals surface area contributed by atoms with Gasteiger partial charge in [0.2, 0.25) is 5.91 Å². The molecule has 1 N–H and O–H groups in total. The molecule has 0 aliphatic carbocycles.